The van der Waals surface area contributed by atoms with Gasteiger partial charge in [0.2, 0.25) is 0 Å². The molecule has 0 aliphatic carbocycles. The van der Waals surface area contributed by atoms with Crippen LogP contribution in [0.25, 0.3) is 10.9 Å². The van der Waals surface area contributed by atoms with E-state index in [4.69, 9.17) is 5.26 Å². The molecule has 5 heteroatoms. The van der Waals surface area contributed by atoms with Crippen molar-refractivity contribution in [2.75, 3.05) is 5.32 Å². The van der Waals surface area contributed by atoms with Crippen LogP contribution >= 0.6 is 0 Å². The summed E-state index contributed by atoms with van der Waals surface area (Å²) in [5.74, 6) is -1.08. The van der Waals surface area contributed by atoms with Crippen LogP contribution in [0.15, 0.2) is 48.5 Å². The van der Waals surface area contributed by atoms with E-state index in [1.807, 2.05) is 30.3 Å². The number of hydrogen-bond acceptors (Lipinski definition) is 2. The van der Waals surface area contributed by atoms with Gasteiger partial charge in [0.25, 0.3) is 5.91 Å². The molecule has 1 amide bonds. The van der Waals surface area contributed by atoms with Crippen molar-refractivity contribution in [3.8, 4) is 6.07 Å². The molecule has 1 aromatic heterocycles. The van der Waals surface area contributed by atoms with Gasteiger partial charge in [-0.1, -0.05) is 18.2 Å². The van der Waals surface area contributed by atoms with Crippen LogP contribution in [0.4, 0.5) is 10.1 Å². The molecule has 0 aliphatic rings. The van der Waals surface area contributed by atoms with E-state index >= 15 is 0 Å². The molecule has 0 atom stereocenters. The van der Waals surface area contributed by atoms with Gasteiger partial charge in [-0.15, -0.1) is 0 Å². The predicted octanol–water partition coefficient (Wildman–Crippen LogP) is 3.43. The first kappa shape index (κ1) is 12.9. The number of aromatic nitrogens is 1. The Hall–Kier alpha value is -3.13. The molecule has 0 aliphatic heterocycles. The summed E-state index contributed by atoms with van der Waals surface area (Å²) >= 11 is 0. The van der Waals surface area contributed by atoms with Gasteiger partial charge < -0.3 is 10.3 Å². The van der Waals surface area contributed by atoms with Gasteiger partial charge in [0, 0.05) is 10.9 Å². The quantitative estimate of drug-likeness (QED) is 0.754. The largest absolute Gasteiger partial charge is 0.351 e. The lowest BCUT2D eigenvalue weighted by Gasteiger charge is -2.05. The molecule has 0 saturated heterocycles. The molecule has 4 nitrogen and oxygen atoms in total. The Balaban J connectivity index is 1.88. The number of carbonyl (C=O) groups excluding carboxylic acids is 1. The van der Waals surface area contributed by atoms with Crippen LogP contribution in [0, 0.1) is 17.1 Å². The topological polar surface area (TPSA) is 68.7 Å². The Bertz CT molecular complexity index is 844. The second-order valence-electron chi connectivity index (χ2n) is 4.53. The molecule has 3 rings (SSSR count). The molecule has 1 heterocycles. The van der Waals surface area contributed by atoms with Crippen LogP contribution in [0.3, 0.4) is 0 Å². The lowest BCUT2D eigenvalue weighted by Crippen LogP contribution is -2.13. The first-order valence-electron chi connectivity index (χ1n) is 6.26. The molecule has 0 unspecified atom stereocenters. The molecule has 0 radical (unpaired) electrons. The molecule has 2 aromatic carbocycles. The van der Waals surface area contributed by atoms with Crippen molar-refractivity contribution >= 4 is 22.5 Å². The summed E-state index contributed by atoms with van der Waals surface area (Å²) in [5.41, 5.74) is 1.43. The number of aromatic amines is 1. The van der Waals surface area contributed by atoms with Gasteiger partial charge in [0.05, 0.1) is 17.3 Å². The lowest BCUT2D eigenvalue weighted by atomic mass is 10.2. The molecule has 3 aromatic rings. The fourth-order valence-electron chi connectivity index (χ4n) is 2.07. The average Bonchev–Trinajstić information content (AvgIpc) is 2.93. The van der Waals surface area contributed by atoms with Gasteiger partial charge in [-0.2, -0.15) is 5.26 Å². The summed E-state index contributed by atoms with van der Waals surface area (Å²) in [6, 6.07) is 14.9. The van der Waals surface area contributed by atoms with Gasteiger partial charge in [0.1, 0.15) is 11.5 Å². The fraction of sp³-hybridized carbons (Fsp3) is 0. The van der Waals surface area contributed by atoms with Crippen LogP contribution in [0.1, 0.15) is 16.1 Å². The molecule has 0 fully saturated rings. The Labute approximate surface area is 119 Å². The maximum absolute atomic E-state index is 13.7. The smallest absolute Gasteiger partial charge is 0.272 e. The monoisotopic (exact) mass is 279 g/mol. The zero-order valence-electron chi connectivity index (χ0n) is 10.9. The maximum atomic E-state index is 13.7. The molecule has 0 spiro atoms. The summed E-state index contributed by atoms with van der Waals surface area (Å²) in [4.78, 5) is 15.1. The van der Waals surface area contributed by atoms with Crippen molar-refractivity contribution in [3.05, 3.63) is 65.6 Å². The number of nitrogens with one attached hydrogen (secondary N) is 2. The summed E-state index contributed by atoms with van der Waals surface area (Å²) in [6.07, 6.45) is 0. The highest BCUT2D eigenvalue weighted by atomic mass is 19.1. The van der Waals surface area contributed by atoms with Crippen LogP contribution < -0.4 is 5.32 Å². The van der Waals surface area contributed by atoms with Crippen LogP contribution in [-0.4, -0.2) is 10.9 Å². The normalized spacial score (nSPS) is 10.3. The van der Waals surface area contributed by atoms with Gasteiger partial charge >= 0.3 is 0 Å². The number of hydrogen-bond donors (Lipinski definition) is 2. The first-order chi connectivity index (χ1) is 10.2. The first-order valence-corrected chi connectivity index (χ1v) is 6.26. The van der Waals surface area contributed by atoms with E-state index in [-0.39, 0.29) is 11.3 Å². The van der Waals surface area contributed by atoms with E-state index in [0.717, 1.165) is 17.0 Å². The number of fused-ring (bicyclic) bond motifs is 1. The highest BCUT2D eigenvalue weighted by Crippen LogP contribution is 2.18. The Morgan fingerprint density at radius 3 is 2.71 bits per heavy atom. The average molecular weight is 279 g/mol. The SMILES string of the molecule is N#Cc1ccc(NC(=O)c2cc3ccccc3[nH]2)c(F)c1. The number of anilines is 1. The Morgan fingerprint density at radius 2 is 2.00 bits per heavy atom. The second kappa shape index (κ2) is 5.10. The molecule has 0 saturated carbocycles. The molecule has 21 heavy (non-hydrogen) atoms. The van der Waals surface area contributed by atoms with Gasteiger partial charge in [-0.25, -0.2) is 4.39 Å². The van der Waals surface area contributed by atoms with Gasteiger partial charge in [-0.05, 0) is 30.3 Å². The summed E-state index contributed by atoms with van der Waals surface area (Å²) in [5, 5.41) is 12.1. The standard InChI is InChI=1S/C16H10FN3O/c17-12-7-10(9-18)5-6-14(12)20-16(21)15-8-11-3-1-2-4-13(11)19-15/h1-8,19H,(H,20,21). The number of carbonyl (C=O) groups is 1. The minimum atomic E-state index is -0.640. The summed E-state index contributed by atoms with van der Waals surface area (Å²) in [7, 11) is 0. The van der Waals surface area contributed by atoms with Gasteiger partial charge in [0.15, 0.2) is 0 Å². The van der Waals surface area contributed by atoms with Crippen molar-refractivity contribution in [3.63, 3.8) is 0 Å². The van der Waals surface area contributed by atoms with Crippen molar-refractivity contribution in [1.29, 1.82) is 5.26 Å². The zero-order valence-corrected chi connectivity index (χ0v) is 10.9. The van der Waals surface area contributed by atoms with E-state index in [0.29, 0.717) is 5.69 Å². The fourth-order valence-corrected chi connectivity index (χ4v) is 2.07. The van der Waals surface area contributed by atoms with Crippen LogP contribution in [-0.2, 0) is 0 Å². The molecule has 0 bridgehead atoms. The van der Waals surface area contributed by atoms with Crippen LogP contribution in [0.5, 0.6) is 0 Å². The second-order valence-corrected chi connectivity index (χ2v) is 4.53. The number of rotatable bonds is 2. The maximum Gasteiger partial charge on any atom is 0.272 e. The zero-order chi connectivity index (χ0) is 14.8. The third-order valence-electron chi connectivity index (χ3n) is 3.12. The summed E-state index contributed by atoms with van der Waals surface area (Å²) in [6.45, 7) is 0. The van der Waals surface area contributed by atoms with Gasteiger partial charge in [-0.3, -0.25) is 4.79 Å². The van der Waals surface area contributed by atoms with Crippen molar-refractivity contribution < 1.29 is 9.18 Å². The predicted molar refractivity (Wildman–Crippen MR) is 77.4 cm³/mol. The third kappa shape index (κ3) is 2.47. The number of H-pyrrole nitrogens is 1. The van der Waals surface area contributed by atoms with E-state index in [1.165, 1.54) is 12.1 Å². The summed E-state index contributed by atoms with van der Waals surface area (Å²) < 4.78 is 13.7. The molecule has 102 valence electrons. The van der Waals surface area contributed by atoms with E-state index in [2.05, 4.69) is 10.3 Å². The van der Waals surface area contributed by atoms with E-state index < -0.39 is 11.7 Å². The lowest BCUT2D eigenvalue weighted by molar-refractivity contribution is 0.102. The molecular weight excluding hydrogens is 269 g/mol. The number of amides is 1. The van der Waals surface area contributed by atoms with Crippen molar-refractivity contribution in [1.82, 2.24) is 4.98 Å². The highest BCUT2D eigenvalue weighted by Gasteiger charge is 2.12. The Morgan fingerprint density at radius 1 is 1.19 bits per heavy atom. The third-order valence-corrected chi connectivity index (χ3v) is 3.12. The number of nitrogens with zero attached hydrogens (tertiary/aromatic N) is 1. The van der Waals surface area contributed by atoms with Crippen LogP contribution in [0.2, 0.25) is 0 Å². The molecule has 2 N–H and O–H groups in total. The Kier molecular flexibility index (Phi) is 3.13. The van der Waals surface area contributed by atoms with Crippen molar-refractivity contribution in [2.45, 2.75) is 0 Å². The minimum absolute atomic E-state index is 0.0395. The number of benzene rings is 2. The number of para-hydroxylation sites is 1. The van der Waals surface area contributed by atoms with E-state index in [1.54, 1.807) is 6.07 Å². The van der Waals surface area contributed by atoms with Crippen molar-refractivity contribution in [2.24, 2.45) is 0 Å². The number of nitriles is 1. The number of halogens is 1. The van der Waals surface area contributed by atoms with E-state index in [9.17, 15) is 9.18 Å². The molecular formula is C16H10FN3O. The minimum Gasteiger partial charge on any atom is -0.351 e. The highest BCUT2D eigenvalue weighted by molar-refractivity contribution is 6.06.